The Kier molecular flexibility index (Phi) is 2.44. The highest BCUT2D eigenvalue weighted by Gasteiger charge is 2.21. The van der Waals surface area contributed by atoms with Gasteiger partial charge in [-0.1, -0.05) is 12.1 Å². The summed E-state index contributed by atoms with van der Waals surface area (Å²) in [6, 6.07) is 7.93. The standard InChI is InChI=1S/C14H14N2O2/c1-9-7-11(8-14(17)18-9)16-10(2)15-12-5-3-4-6-13(12)16/h3-6,8-9H,7H2,1-2H3. The Morgan fingerprint density at radius 1 is 1.39 bits per heavy atom. The molecule has 0 saturated carbocycles. The Balaban J connectivity index is 2.20. The number of para-hydroxylation sites is 2. The van der Waals surface area contributed by atoms with Crippen molar-refractivity contribution in [3.8, 4) is 0 Å². The first-order chi connectivity index (χ1) is 8.65. The maximum absolute atomic E-state index is 11.5. The average molecular weight is 242 g/mol. The number of rotatable bonds is 1. The number of hydrogen-bond acceptors (Lipinski definition) is 3. The van der Waals surface area contributed by atoms with Crippen LogP contribution in [0.15, 0.2) is 30.3 Å². The largest absolute Gasteiger partial charge is 0.459 e. The molecule has 0 N–H and O–H groups in total. The van der Waals surface area contributed by atoms with Crippen LogP contribution in [0.5, 0.6) is 0 Å². The van der Waals surface area contributed by atoms with Crippen LogP contribution < -0.4 is 0 Å². The normalized spacial score (nSPS) is 19.8. The van der Waals surface area contributed by atoms with Crippen LogP contribution in [0.3, 0.4) is 0 Å². The lowest BCUT2D eigenvalue weighted by atomic mass is 10.1. The smallest absolute Gasteiger partial charge is 0.332 e. The first-order valence-corrected chi connectivity index (χ1v) is 6.01. The number of aryl methyl sites for hydroxylation is 1. The van der Waals surface area contributed by atoms with E-state index in [4.69, 9.17) is 4.74 Å². The van der Waals surface area contributed by atoms with Crippen LogP contribution in [0.4, 0.5) is 0 Å². The van der Waals surface area contributed by atoms with Gasteiger partial charge in [0.1, 0.15) is 11.9 Å². The van der Waals surface area contributed by atoms with Crippen LogP contribution in [0.25, 0.3) is 16.7 Å². The van der Waals surface area contributed by atoms with E-state index in [0.717, 1.165) is 22.6 Å². The Labute approximate surface area is 105 Å². The molecule has 1 aliphatic heterocycles. The fraction of sp³-hybridized carbons (Fsp3) is 0.286. The van der Waals surface area contributed by atoms with Gasteiger partial charge >= 0.3 is 5.97 Å². The third-order valence-electron chi connectivity index (χ3n) is 3.11. The Hall–Kier alpha value is -2.10. The number of ether oxygens (including phenoxy) is 1. The molecule has 2 heterocycles. The van der Waals surface area contributed by atoms with Gasteiger partial charge in [-0.25, -0.2) is 9.78 Å². The lowest BCUT2D eigenvalue weighted by Crippen LogP contribution is -2.21. The van der Waals surface area contributed by atoms with E-state index >= 15 is 0 Å². The van der Waals surface area contributed by atoms with Crippen LogP contribution >= 0.6 is 0 Å². The number of benzene rings is 1. The fourth-order valence-corrected chi connectivity index (χ4v) is 2.43. The van der Waals surface area contributed by atoms with Crippen molar-refractivity contribution in [1.82, 2.24) is 9.55 Å². The minimum absolute atomic E-state index is 0.0851. The molecule has 2 aromatic rings. The van der Waals surface area contributed by atoms with Crippen molar-refractivity contribution < 1.29 is 9.53 Å². The molecule has 4 heteroatoms. The van der Waals surface area contributed by atoms with E-state index in [0.29, 0.717) is 6.42 Å². The molecule has 0 aliphatic carbocycles. The molecule has 0 fully saturated rings. The predicted octanol–water partition coefficient (Wildman–Crippen LogP) is 2.52. The molecule has 0 spiro atoms. The second kappa shape index (κ2) is 3.98. The number of carbonyl (C=O) groups is 1. The highest BCUT2D eigenvalue weighted by Crippen LogP contribution is 2.26. The van der Waals surface area contributed by atoms with Crippen LogP contribution in [0, 0.1) is 6.92 Å². The summed E-state index contributed by atoms with van der Waals surface area (Å²) < 4.78 is 7.15. The molecule has 1 aromatic carbocycles. The monoisotopic (exact) mass is 242 g/mol. The summed E-state index contributed by atoms with van der Waals surface area (Å²) in [5.74, 6) is 0.616. The van der Waals surface area contributed by atoms with Crippen LogP contribution in [-0.4, -0.2) is 21.6 Å². The molecule has 0 bridgehead atoms. The number of imidazole rings is 1. The number of cyclic esters (lactones) is 1. The Morgan fingerprint density at radius 3 is 2.94 bits per heavy atom. The van der Waals surface area contributed by atoms with E-state index in [1.807, 2.05) is 42.7 Å². The van der Waals surface area contributed by atoms with E-state index in [9.17, 15) is 4.79 Å². The first-order valence-electron chi connectivity index (χ1n) is 6.01. The van der Waals surface area contributed by atoms with E-state index in [1.54, 1.807) is 6.08 Å². The molecule has 1 atom stereocenters. The minimum Gasteiger partial charge on any atom is -0.459 e. The van der Waals surface area contributed by atoms with Crippen molar-refractivity contribution in [3.63, 3.8) is 0 Å². The lowest BCUT2D eigenvalue weighted by Gasteiger charge is -2.21. The molecule has 4 nitrogen and oxygen atoms in total. The third-order valence-corrected chi connectivity index (χ3v) is 3.11. The highest BCUT2D eigenvalue weighted by molar-refractivity contribution is 5.91. The summed E-state index contributed by atoms with van der Waals surface area (Å²) >= 11 is 0. The van der Waals surface area contributed by atoms with Gasteiger partial charge in [-0.3, -0.25) is 4.57 Å². The lowest BCUT2D eigenvalue weighted by molar-refractivity contribution is -0.142. The number of nitrogens with zero attached hydrogens (tertiary/aromatic N) is 2. The van der Waals surface area contributed by atoms with Gasteiger partial charge in [-0.05, 0) is 26.0 Å². The van der Waals surface area contributed by atoms with Crippen LogP contribution in [0.2, 0.25) is 0 Å². The summed E-state index contributed by atoms with van der Waals surface area (Å²) in [6.45, 7) is 3.85. The molecule has 1 aliphatic rings. The molecule has 0 saturated heterocycles. The van der Waals surface area contributed by atoms with Crippen molar-refractivity contribution in [2.24, 2.45) is 0 Å². The fourth-order valence-electron chi connectivity index (χ4n) is 2.43. The number of hydrogen-bond donors (Lipinski definition) is 0. The summed E-state index contributed by atoms with van der Waals surface area (Å²) in [5.41, 5.74) is 2.93. The topological polar surface area (TPSA) is 44.1 Å². The molecule has 3 rings (SSSR count). The second-order valence-corrected chi connectivity index (χ2v) is 4.57. The maximum atomic E-state index is 11.5. The van der Waals surface area contributed by atoms with Crippen molar-refractivity contribution in [1.29, 1.82) is 0 Å². The summed E-state index contributed by atoms with van der Waals surface area (Å²) in [5, 5.41) is 0. The summed E-state index contributed by atoms with van der Waals surface area (Å²) in [6.07, 6.45) is 2.19. The van der Waals surface area contributed by atoms with Gasteiger partial charge in [0.05, 0.1) is 11.0 Å². The van der Waals surface area contributed by atoms with Gasteiger partial charge in [-0.2, -0.15) is 0 Å². The van der Waals surface area contributed by atoms with Gasteiger partial charge in [-0.15, -0.1) is 0 Å². The molecule has 0 radical (unpaired) electrons. The van der Waals surface area contributed by atoms with Crippen molar-refractivity contribution in [2.45, 2.75) is 26.4 Å². The van der Waals surface area contributed by atoms with Crippen molar-refractivity contribution in [3.05, 3.63) is 36.2 Å². The molecule has 0 amide bonds. The van der Waals surface area contributed by atoms with Gasteiger partial charge in [0, 0.05) is 18.2 Å². The highest BCUT2D eigenvalue weighted by atomic mass is 16.5. The van der Waals surface area contributed by atoms with Crippen LogP contribution in [-0.2, 0) is 9.53 Å². The third kappa shape index (κ3) is 1.70. The maximum Gasteiger partial charge on any atom is 0.332 e. The quantitative estimate of drug-likeness (QED) is 0.722. The molecular formula is C14H14N2O2. The number of fused-ring (bicyclic) bond motifs is 1. The molecule has 18 heavy (non-hydrogen) atoms. The Bertz CT molecular complexity index is 655. The van der Waals surface area contributed by atoms with E-state index in [2.05, 4.69) is 4.98 Å². The number of carbonyl (C=O) groups excluding carboxylic acids is 1. The van der Waals surface area contributed by atoms with E-state index in [1.165, 1.54) is 0 Å². The number of esters is 1. The van der Waals surface area contributed by atoms with Crippen LogP contribution in [0.1, 0.15) is 19.2 Å². The van der Waals surface area contributed by atoms with Gasteiger partial charge < -0.3 is 4.74 Å². The SMILES string of the molecule is Cc1nc2ccccc2n1C1=CC(=O)OC(C)C1. The second-order valence-electron chi connectivity index (χ2n) is 4.57. The zero-order valence-corrected chi connectivity index (χ0v) is 10.4. The molecule has 1 aromatic heterocycles. The predicted molar refractivity (Wildman–Crippen MR) is 68.9 cm³/mol. The Morgan fingerprint density at radius 2 is 2.17 bits per heavy atom. The molecule has 1 unspecified atom stereocenters. The van der Waals surface area contributed by atoms with Crippen molar-refractivity contribution in [2.75, 3.05) is 0 Å². The van der Waals surface area contributed by atoms with Gasteiger partial charge in [0.25, 0.3) is 0 Å². The average Bonchev–Trinajstić information content (AvgIpc) is 2.63. The van der Waals surface area contributed by atoms with Gasteiger partial charge in [0.15, 0.2) is 0 Å². The minimum atomic E-state index is -0.277. The summed E-state index contributed by atoms with van der Waals surface area (Å²) in [7, 11) is 0. The molecular weight excluding hydrogens is 228 g/mol. The number of aromatic nitrogens is 2. The van der Waals surface area contributed by atoms with E-state index in [-0.39, 0.29) is 12.1 Å². The first kappa shape index (κ1) is 11.0. The molecule has 92 valence electrons. The summed E-state index contributed by atoms with van der Waals surface area (Å²) in [4.78, 5) is 16.0. The van der Waals surface area contributed by atoms with E-state index < -0.39 is 0 Å². The zero-order chi connectivity index (χ0) is 12.7. The van der Waals surface area contributed by atoms with Crippen molar-refractivity contribution >= 4 is 22.7 Å². The van der Waals surface area contributed by atoms with Gasteiger partial charge in [0.2, 0.25) is 0 Å². The zero-order valence-electron chi connectivity index (χ0n) is 10.4.